The number of benzene rings is 1. The van der Waals surface area contributed by atoms with E-state index in [0.29, 0.717) is 21.5 Å². The Morgan fingerprint density at radius 3 is 2.75 bits per heavy atom. The van der Waals surface area contributed by atoms with Gasteiger partial charge in [0, 0.05) is 23.8 Å². The molecule has 5 atom stereocenters. The van der Waals surface area contributed by atoms with Crippen molar-refractivity contribution in [1.29, 1.82) is 0 Å². The normalized spacial score (nSPS) is 42.8. The molecule has 20 heavy (non-hydrogen) atoms. The smallest absolute Gasteiger partial charge is 0.260 e. The molecule has 3 aliphatic rings. The van der Waals surface area contributed by atoms with Crippen LogP contribution in [-0.2, 0) is 4.79 Å². The number of hydrogen-bond acceptors (Lipinski definition) is 1. The molecule has 0 aromatic heterocycles. The summed E-state index contributed by atoms with van der Waals surface area (Å²) >= 11 is 2.29. The van der Waals surface area contributed by atoms with Crippen LogP contribution in [0.4, 0.5) is 0 Å². The Morgan fingerprint density at radius 2 is 1.95 bits per heavy atom. The Kier molecular flexibility index (Phi) is 3.03. The SMILES string of the molecule is C[C@]12CC[C@@H]3c4ccccc4C([IH+])C[C@H]3[C@@H]1CCC2=O. The first kappa shape index (κ1) is 13.3. The number of fused-ring (bicyclic) bond motifs is 5. The van der Waals surface area contributed by atoms with E-state index in [4.69, 9.17) is 0 Å². The van der Waals surface area contributed by atoms with Crippen molar-refractivity contribution >= 4 is 5.78 Å². The highest BCUT2D eigenvalue weighted by Crippen LogP contribution is 2.60. The standard InChI is InChI=1S/C18H22IO/c1-18-9-8-12-11-4-2-3-5-13(11)16(19)10-14(12)15(18)6-7-17(18)20/h2-5,12,14-16,19H,6-10H2,1H3/q+1/t12-,14-,15+,16?,18+/m1/s1. The van der Waals surface area contributed by atoms with Crippen molar-refractivity contribution in [2.75, 3.05) is 0 Å². The molecule has 0 bridgehead atoms. The summed E-state index contributed by atoms with van der Waals surface area (Å²) in [4.78, 5) is 12.3. The van der Waals surface area contributed by atoms with Crippen molar-refractivity contribution in [3.63, 3.8) is 0 Å². The summed E-state index contributed by atoms with van der Waals surface area (Å²) in [6.07, 6.45) is 5.60. The summed E-state index contributed by atoms with van der Waals surface area (Å²) in [5, 5.41) is 0. The molecule has 3 aliphatic carbocycles. The van der Waals surface area contributed by atoms with Gasteiger partial charge < -0.3 is 0 Å². The number of halogens is 1. The maximum Gasteiger partial charge on any atom is 0.260 e. The molecule has 2 heteroatoms. The van der Waals surface area contributed by atoms with Gasteiger partial charge in [0.1, 0.15) is 5.78 Å². The van der Waals surface area contributed by atoms with Crippen molar-refractivity contribution in [1.82, 2.24) is 0 Å². The van der Waals surface area contributed by atoms with Gasteiger partial charge in [-0.05, 0) is 42.6 Å². The van der Waals surface area contributed by atoms with Gasteiger partial charge in [0.05, 0.1) is 0 Å². The maximum atomic E-state index is 12.3. The first-order valence-corrected chi connectivity index (χ1v) is 9.24. The van der Waals surface area contributed by atoms with Crippen LogP contribution < -0.4 is 22.6 Å². The van der Waals surface area contributed by atoms with Crippen molar-refractivity contribution in [3.8, 4) is 0 Å². The fourth-order valence-electron chi connectivity index (χ4n) is 5.29. The highest BCUT2D eigenvalue weighted by atomic mass is 127. The monoisotopic (exact) mass is 381 g/mol. The van der Waals surface area contributed by atoms with Crippen LogP contribution in [-0.4, -0.2) is 5.78 Å². The predicted molar refractivity (Wildman–Crippen MR) is 76.5 cm³/mol. The molecule has 2 saturated carbocycles. The van der Waals surface area contributed by atoms with Gasteiger partial charge in [-0.1, -0.05) is 31.2 Å². The van der Waals surface area contributed by atoms with E-state index in [0.717, 1.165) is 25.2 Å². The van der Waals surface area contributed by atoms with E-state index in [9.17, 15) is 4.79 Å². The molecule has 0 radical (unpaired) electrons. The van der Waals surface area contributed by atoms with E-state index in [1.807, 2.05) is 0 Å². The van der Waals surface area contributed by atoms with Crippen LogP contribution in [0.1, 0.15) is 60.0 Å². The van der Waals surface area contributed by atoms with E-state index in [1.54, 1.807) is 11.1 Å². The zero-order valence-corrected chi connectivity index (χ0v) is 14.3. The average molecular weight is 381 g/mol. The largest absolute Gasteiger partial charge is 0.299 e. The minimum atomic E-state index is 0.00822. The zero-order valence-electron chi connectivity index (χ0n) is 12.0. The quantitative estimate of drug-likeness (QED) is 0.482. The van der Waals surface area contributed by atoms with E-state index in [-0.39, 0.29) is 5.41 Å². The van der Waals surface area contributed by atoms with Crippen LogP contribution in [0.2, 0.25) is 0 Å². The first-order valence-electron chi connectivity index (χ1n) is 7.89. The second-order valence-corrected chi connectivity index (χ2v) is 8.77. The second-order valence-electron chi connectivity index (χ2n) is 7.15. The van der Waals surface area contributed by atoms with Gasteiger partial charge in [-0.25, -0.2) is 0 Å². The Hall–Kier alpha value is -0.380. The van der Waals surface area contributed by atoms with Gasteiger partial charge in [-0.2, -0.15) is 0 Å². The molecule has 1 aromatic carbocycles. The number of alkyl halides is 1. The highest BCUT2D eigenvalue weighted by Gasteiger charge is 2.56. The van der Waals surface area contributed by atoms with Gasteiger partial charge in [-0.3, -0.25) is 4.79 Å². The van der Waals surface area contributed by atoms with Gasteiger partial charge >= 0.3 is 0 Å². The number of rotatable bonds is 0. The Bertz CT molecular complexity index is 566. The lowest BCUT2D eigenvalue weighted by Gasteiger charge is -2.48. The van der Waals surface area contributed by atoms with E-state index in [1.165, 1.54) is 12.8 Å². The summed E-state index contributed by atoms with van der Waals surface area (Å²) in [6.45, 7) is 2.26. The van der Waals surface area contributed by atoms with Crippen LogP contribution in [0.5, 0.6) is 0 Å². The third-order valence-corrected chi connectivity index (χ3v) is 7.65. The third-order valence-electron chi connectivity index (χ3n) is 6.37. The van der Waals surface area contributed by atoms with Crippen molar-refractivity contribution in [2.24, 2.45) is 17.3 Å². The molecular formula is C18H22IO+. The van der Waals surface area contributed by atoms with Gasteiger partial charge in [-0.15, -0.1) is 0 Å². The molecular weight excluding hydrogens is 359 g/mol. The number of carbonyl (C=O) groups excluding carboxylic acids is 1. The summed E-state index contributed by atoms with van der Waals surface area (Å²) in [5.74, 6) is 2.65. The molecule has 0 aliphatic heterocycles. The third kappa shape index (κ3) is 1.69. The summed E-state index contributed by atoms with van der Waals surface area (Å²) < 4.78 is 0.668. The minimum absolute atomic E-state index is 0.00822. The Morgan fingerprint density at radius 1 is 1.20 bits per heavy atom. The number of ketones is 1. The van der Waals surface area contributed by atoms with Crippen LogP contribution in [0.15, 0.2) is 24.3 Å². The fraction of sp³-hybridized carbons (Fsp3) is 0.611. The number of hydrogen-bond donors (Lipinski definition) is 0. The molecule has 0 heterocycles. The Labute approximate surface area is 134 Å². The highest BCUT2D eigenvalue weighted by molar-refractivity contribution is 5.87. The summed E-state index contributed by atoms with van der Waals surface area (Å²) in [7, 11) is 0. The lowest BCUT2D eigenvalue weighted by atomic mass is 9.55. The van der Waals surface area contributed by atoms with E-state index >= 15 is 0 Å². The molecule has 1 nitrogen and oxygen atoms in total. The average Bonchev–Trinajstić information content (AvgIpc) is 2.76. The molecule has 4 rings (SSSR count). The fourth-order valence-corrected chi connectivity index (χ4v) is 6.54. The molecule has 0 saturated heterocycles. The number of Topliss-reactive ketones (excluding diaryl/α,β-unsaturated/α-hetero) is 1. The first-order chi connectivity index (χ1) is 9.61. The van der Waals surface area contributed by atoms with Gasteiger partial charge in [0.15, 0.2) is 3.92 Å². The van der Waals surface area contributed by atoms with Crippen LogP contribution >= 0.6 is 0 Å². The molecule has 0 N–H and O–H groups in total. The molecule has 0 spiro atoms. The van der Waals surface area contributed by atoms with Crippen LogP contribution in [0.3, 0.4) is 0 Å². The van der Waals surface area contributed by atoms with Crippen LogP contribution in [0.25, 0.3) is 0 Å². The van der Waals surface area contributed by atoms with E-state index in [2.05, 4.69) is 53.8 Å². The van der Waals surface area contributed by atoms with Gasteiger partial charge in [0.25, 0.3) is 22.6 Å². The Balaban J connectivity index is 1.77. The van der Waals surface area contributed by atoms with Crippen molar-refractivity contribution < 1.29 is 27.4 Å². The van der Waals surface area contributed by atoms with Gasteiger partial charge in [0.2, 0.25) is 0 Å². The minimum Gasteiger partial charge on any atom is -0.299 e. The van der Waals surface area contributed by atoms with Crippen molar-refractivity contribution in [2.45, 2.75) is 48.9 Å². The maximum absolute atomic E-state index is 12.3. The summed E-state index contributed by atoms with van der Waals surface area (Å²) in [6, 6.07) is 9.06. The number of carbonyl (C=O) groups is 1. The topological polar surface area (TPSA) is 17.1 Å². The molecule has 0 amide bonds. The molecule has 1 unspecified atom stereocenters. The second kappa shape index (κ2) is 4.56. The lowest BCUT2D eigenvalue weighted by molar-refractivity contribution is -0.433. The zero-order chi connectivity index (χ0) is 13.9. The predicted octanol–water partition coefficient (Wildman–Crippen LogP) is 0.896. The molecule has 106 valence electrons. The van der Waals surface area contributed by atoms with Crippen molar-refractivity contribution in [3.05, 3.63) is 35.4 Å². The lowest BCUT2D eigenvalue weighted by Crippen LogP contribution is -3.35. The van der Waals surface area contributed by atoms with Crippen LogP contribution in [0, 0.1) is 17.3 Å². The van der Waals surface area contributed by atoms with E-state index < -0.39 is 0 Å². The molecule has 2 fully saturated rings. The summed E-state index contributed by atoms with van der Waals surface area (Å²) in [5.41, 5.74) is 3.18. The molecule has 1 aromatic rings.